The Hall–Kier alpha value is -3.26. The lowest BCUT2D eigenvalue weighted by molar-refractivity contribution is -0.164. The van der Waals surface area contributed by atoms with Crippen molar-refractivity contribution in [3.63, 3.8) is 0 Å². The molecule has 0 spiro atoms. The average Bonchev–Trinajstić information content (AvgIpc) is 2.81. The second-order valence-corrected chi connectivity index (χ2v) is 9.13. The highest BCUT2D eigenvalue weighted by atomic mass is 16.5. The zero-order valence-electron chi connectivity index (χ0n) is 20.1. The van der Waals surface area contributed by atoms with Crippen molar-refractivity contribution in [2.24, 2.45) is 23.7 Å². The van der Waals surface area contributed by atoms with E-state index < -0.39 is 47.9 Å². The molecule has 1 unspecified atom stereocenters. The third-order valence-corrected chi connectivity index (χ3v) is 6.80. The highest BCUT2D eigenvalue weighted by Gasteiger charge is 2.43. The average molecular weight is 472 g/mol. The number of phenols is 2. The lowest BCUT2D eigenvalue weighted by Gasteiger charge is -2.39. The molecule has 0 aromatic heterocycles. The number of methoxy groups -OCH3 is 1. The van der Waals surface area contributed by atoms with Crippen LogP contribution >= 0.6 is 0 Å². The van der Waals surface area contributed by atoms with Gasteiger partial charge in [0.25, 0.3) is 0 Å². The molecule has 1 aliphatic rings. The number of aliphatic hydroxyl groups excluding tert-OH is 1. The van der Waals surface area contributed by atoms with E-state index in [1.165, 1.54) is 25.1 Å². The Bertz CT molecular complexity index is 1020. The number of carbonyl (C=O) groups is 2. The Kier molecular flexibility index (Phi) is 7.71. The van der Waals surface area contributed by atoms with Crippen LogP contribution < -0.4 is 10.1 Å². The van der Waals surface area contributed by atoms with Gasteiger partial charge in [-0.05, 0) is 31.2 Å². The van der Waals surface area contributed by atoms with Crippen LogP contribution in [0.1, 0.15) is 39.4 Å². The summed E-state index contributed by atoms with van der Waals surface area (Å²) in [4.78, 5) is 26.4. The topological polar surface area (TPSA) is 125 Å². The van der Waals surface area contributed by atoms with Crippen molar-refractivity contribution in [1.29, 1.82) is 0 Å². The Morgan fingerprint density at radius 3 is 2.15 bits per heavy atom. The van der Waals surface area contributed by atoms with Crippen molar-refractivity contribution < 1.29 is 34.4 Å². The molecule has 0 bridgehead atoms. The van der Waals surface area contributed by atoms with Gasteiger partial charge in [-0.1, -0.05) is 32.9 Å². The first-order valence-electron chi connectivity index (χ1n) is 11.4. The Morgan fingerprint density at radius 1 is 0.912 bits per heavy atom. The maximum atomic E-state index is 13.4. The third kappa shape index (κ3) is 5.12. The molecule has 1 aliphatic heterocycles. The lowest BCUT2D eigenvalue weighted by Crippen LogP contribution is -2.48. The minimum atomic E-state index is -1.22. The van der Waals surface area contributed by atoms with E-state index in [0.29, 0.717) is 17.0 Å². The van der Waals surface area contributed by atoms with Crippen molar-refractivity contribution in [1.82, 2.24) is 0 Å². The molecular formula is C26H33NO7. The van der Waals surface area contributed by atoms with Gasteiger partial charge in [-0.15, -0.1) is 0 Å². The first kappa shape index (κ1) is 25.4. The Morgan fingerprint density at radius 2 is 1.53 bits per heavy atom. The zero-order valence-corrected chi connectivity index (χ0v) is 20.1. The number of ether oxygens (including phenoxy) is 2. The van der Waals surface area contributed by atoms with Crippen molar-refractivity contribution >= 4 is 17.4 Å². The number of hydrogen-bond donors (Lipinski definition) is 4. The first-order valence-corrected chi connectivity index (χ1v) is 11.4. The number of aromatic hydroxyl groups is 2. The number of aliphatic hydroxyl groups is 1. The summed E-state index contributed by atoms with van der Waals surface area (Å²) in [5.74, 6) is -3.44. The van der Waals surface area contributed by atoms with E-state index in [4.69, 9.17) is 9.47 Å². The van der Waals surface area contributed by atoms with Crippen molar-refractivity contribution in [3.8, 4) is 17.2 Å². The van der Waals surface area contributed by atoms with Gasteiger partial charge >= 0.3 is 5.97 Å². The number of rotatable bonds is 4. The molecule has 0 amide bonds. The van der Waals surface area contributed by atoms with Gasteiger partial charge in [0.2, 0.25) is 0 Å². The van der Waals surface area contributed by atoms with Gasteiger partial charge in [-0.25, -0.2) is 0 Å². The molecule has 1 saturated heterocycles. The number of nitrogens with one attached hydrogen (secondary N) is 1. The minimum absolute atomic E-state index is 0.185. The molecule has 34 heavy (non-hydrogen) atoms. The number of carbonyl (C=O) groups excluding carboxylic acids is 2. The monoisotopic (exact) mass is 471 g/mol. The molecule has 8 heteroatoms. The largest absolute Gasteiger partial charge is 0.508 e. The second-order valence-electron chi connectivity index (χ2n) is 9.13. The molecule has 7 atom stereocenters. The second kappa shape index (κ2) is 10.3. The van der Waals surface area contributed by atoms with E-state index in [2.05, 4.69) is 5.32 Å². The number of cyclic esters (lactones) is 1. The number of benzene rings is 2. The number of phenolic OH excluding ortho intramolecular Hbond substituents is 2. The number of anilines is 1. The fourth-order valence-corrected chi connectivity index (χ4v) is 4.67. The first-order chi connectivity index (χ1) is 16.0. The summed E-state index contributed by atoms with van der Waals surface area (Å²) < 4.78 is 11.3. The Balaban J connectivity index is 2.13. The standard InChI is InChI=1S/C26H33NO7/c1-13-22(27-20-8-6-7-9-21(20)33-5)14(2)25(17-10-18(28)12-19(29)11-17)34-26(32)16(4)24(31)15(3)23(13)30/h6-16,22,24-25,27-29,31H,1-5H3/t13-,14-,15?,16+,22+,24+,25+/m1/s1. The Labute approximate surface area is 199 Å². The summed E-state index contributed by atoms with van der Waals surface area (Å²) in [6.07, 6.45) is -2.14. The molecule has 1 heterocycles. The number of para-hydroxylation sites is 2. The van der Waals surface area contributed by atoms with Crippen molar-refractivity contribution in [2.75, 3.05) is 12.4 Å². The van der Waals surface area contributed by atoms with Gasteiger partial charge in [-0.2, -0.15) is 0 Å². The predicted octanol–water partition coefficient (Wildman–Crippen LogP) is 3.66. The third-order valence-electron chi connectivity index (χ3n) is 6.80. The highest BCUT2D eigenvalue weighted by molar-refractivity contribution is 5.86. The van der Waals surface area contributed by atoms with E-state index in [0.717, 1.165) is 0 Å². The summed E-state index contributed by atoms with van der Waals surface area (Å²) in [6, 6.07) is 10.7. The molecule has 3 rings (SSSR count). The SMILES string of the molecule is COc1ccccc1N[C@@H]1[C@@H](C)[C@@H](c2cc(O)cc(O)c2)OC(=O)[C@@H](C)[C@@H](O)C(C)C(=O)[C@@H]1C. The summed E-state index contributed by atoms with van der Waals surface area (Å²) in [5, 5.41) is 34.3. The number of Topliss-reactive ketones (excluding diaryl/α,β-unsaturated/α-hetero) is 1. The molecule has 8 nitrogen and oxygen atoms in total. The van der Waals surface area contributed by atoms with Crippen LogP contribution in [0.3, 0.4) is 0 Å². The molecule has 184 valence electrons. The summed E-state index contributed by atoms with van der Waals surface area (Å²) in [5.41, 5.74) is 1.03. The molecule has 2 aromatic rings. The van der Waals surface area contributed by atoms with Gasteiger partial charge in [0.1, 0.15) is 29.1 Å². The fourth-order valence-electron chi connectivity index (χ4n) is 4.67. The molecule has 4 N–H and O–H groups in total. The van der Waals surface area contributed by atoms with Crippen LogP contribution in [-0.4, -0.2) is 46.3 Å². The fraction of sp³-hybridized carbons (Fsp3) is 0.462. The van der Waals surface area contributed by atoms with Crippen LogP contribution in [0.25, 0.3) is 0 Å². The minimum Gasteiger partial charge on any atom is -0.508 e. The number of hydrogen-bond acceptors (Lipinski definition) is 8. The maximum absolute atomic E-state index is 13.4. The van der Waals surface area contributed by atoms with Gasteiger partial charge in [0, 0.05) is 35.4 Å². The molecular weight excluding hydrogens is 438 g/mol. The van der Waals surface area contributed by atoms with Crippen LogP contribution in [0.2, 0.25) is 0 Å². The van der Waals surface area contributed by atoms with Crippen molar-refractivity contribution in [2.45, 2.75) is 45.9 Å². The smallest absolute Gasteiger partial charge is 0.311 e. The molecule has 1 fully saturated rings. The molecule has 0 aliphatic carbocycles. The highest BCUT2D eigenvalue weighted by Crippen LogP contribution is 2.39. The van der Waals surface area contributed by atoms with Crippen LogP contribution in [-0.2, 0) is 14.3 Å². The van der Waals surface area contributed by atoms with Crippen LogP contribution in [0, 0.1) is 23.7 Å². The number of esters is 1. The number of ketones is 1. The van der Waals surface area contributed by atoms with Crippen LogP contribution in [0.4, 0.5) is 5.69 Å². The van der Waals surface area contributed by atoms with Gasteiger partial charge in [0.15, 0.2) is 0 Å². The normalized spacial score (nSPS) is 30.4. The molecule has 0 radical (unpaired) electrons. The molecule has 2 aromatic carbocycles. The zero-order chi connectivity index (χ0) is 25.2. The maximum Gasteiger partial charge on any atom is 0.311 e. The quantitative estimate of drug-likeness (QED) is 0.498. The van der Waals surface area contributed by atoms with E-state index in [1.807, 2.05) is 25.1 Å². The van der Waals surface area contributed by atoms with Crippen LogP contribution in [0.5, 0.6) is 17.2 Å². The van der Waals surface area contributed by atoms with Gasteiger partial charge in [-0.3, -0.25) is 9.59 Å². The van der Waals surface area contributed by atoms with E-state index in [1.54, 1.807) is 27.0 Å². The summed E-state index contributed by atoms with van der Waals surface area (Å²) >= 11 is 0. The van der Waals surface area contributed by atoms with Crippen molar-refractivity contribution in [3.05, 3.63) is 48.0 Å². The lowest BCUT2D eigenvalue weighted by atomic mass is 9.76. The van der Waals surface area contributed by atoms with Gasteiger partial charge in [0.05, 0.1) is 24.8 Å². The van der Waals surface area contributed by atoms with Gasteiger partial charge < -0.3 is 30.1 Å². The molecule has 0 saturated carbocycles. The van der Waals surface area contributed by atoms with E-state index >= 15 is 0 Å². The van der Waals surface area contributed by atoms with E-state index in [-0.39, 0.29) is 17.3 Å². The summed E-state index contributed by atoms with van der Waals surface area (Å²) in [7, 11) is 1.55. The summed E-state index contributed by atoms with van der Waals surface area (Å²) in [6.45, 7) is 6.75. The van der Waals surface area contributed by atoms with E-state index in [9.17, 15) is 24.9 Å². The van der Waals surface area contributed by atoms with Crippen LogP contribution in [0.15, 0.2) is 42.5 Å². The predicted molar refractivity (Wildman–Crippen MR) is 127 cm³/mol.